The van der Waals surface area contributed by atoms with E-state index in [0.29, 0.717) is 5.92 Å². The van der Waals surface area contributed by atoms with Crippen molar-refractivity contribution < 1.29 is 0 Å². The maximum atomic E-state index is 3.62. The van der Waals surface area contributed by atoms with Crippen molar-refractivity contribution in [3.05, 3.63) is 36.6 Å². The third-order valence-electron chi connectivity index (χ3n) is 1.44. The number of hydrogen-bond donors (Lipinski definition) is 1. The Hall–Kier alpha value is -0.980. The fourth-order valence-electron chi connectivity index (χ4n) is 0.751. The summed E-state index contributed by atoms with van der Waals surface area (Å²) in [5.41, 5.74) is 1.16. The van der Waals surface area contributed by atoms with E-state index < -0.39 is 0 Å². The summed E-state index contributed by atoms with van der Waals surface area (Å²) in [7, 11) is 0. The molecule has 0 heterocycles. The molecule has 0 atom stereocenters. The van der Waals surface area contributed by atoms with Gasteiger partial charge in [0.25, 0.3) is 0 Å². The quantitative estimate of drug-likeness (QED) is 0.618. The smallest absolute Gasteiger partial charge is 0.0296 e. The molecule has 0 rings (SSSR count). The molecular formula is C11H19N. The summed E-state index contributed by atoms with van der Waals surface area (Å²) in [4.78, 5) is 0. The lowest BCUT2D eigenvalue weighted by Crippen LogP contribution is -2.17. The Morgan fingerprint density at radius 2 is 2.17 bits per heavy atom. The SMILES string of the molecule is C=C/C=C\C(=C/C)NCC(C)C. The molecule has 0 saturated carbocycles. The van der Waals surface area contributed by atoms with Crippen LogP contribution in [0.1, 0.15) is 20.8 Å². The second-order valence-corrected chi connectivity index (χ2v) is 3.11. The van der Waals surface area contributed by atoms with Crippen LogP contribution in [0.5, 0.6) is 0 Å². The van der Waals surface area contributed by atoms with E-state index in [4.69, 9.17) is 0 Å². The summed E-state index contributed by atoms with van der Waals surface area (Å²) in [5.74, 6) is 0.678. The number of rotatable bonds is 5. The van der Waals surface area contributed by atoms with Crippen molar-refractivity contribution in [1.82, 2.24) is 5.32 Å². The second kappa shape index (κ2) is 6.71. The second-order valence-electron chi connectivity index (χ2n) is 3.11. The molecule has 0 aliphatic heterocycles. The van der Waals surface area contributed by atoms with E-state index in [1.807, 2.05) is 19.1 Å². The lowest BCUT2D eigenvalue weighted by molar-refractivity contribution is 0.601. The van der Waals surface area contributed by atoms with E-state index in [-0.39, 0.29) is 0 Å². The van der Waals surface area contributed by atoms with Crippen LogP contribution >= 0.6 is 0 Å². The highest BCUT2D eigenvalue weighted by Gasteiger charge is 1.92. The zero-order valence-corrected chi connectivity index (χ0v) is 8.30. The standard InChI is InChI=1S/C11H19N/c1-5-7-8-11(6-2)12-9-10(3)4/h5-8,10,12H,1,9H2,2-4H3/b8-7-,11-6+. The van der Waals surface area contributed by atoms with Gasteiger partial charge >= 0.3 is 0 Å². The predicted octanol–water partition coefficient (Wildman–Crippen LogP) is 2.88. The van der Waals surface area contributed by atoms with E-state index in [9.17, 15) is 0 Å². The van der Waals surface area contributed by atoms with Gasteiger partial charge in [0.1, 0.15) is 0 Å². The molecule has 1 nitrogen and oxygen atoms in total. The Kier molecular flexibility index (Phi) is 6.16. The fourth-order valence-corrected chi connectivity index (χ4v) is 0.751. The Bertz CT molecular complexity index is 175. The zero-order chi connectivity index (χ0) is 9.40. The molecule has 0 aliphatic carbocycles. The lowest BCUT2D eigenvalue weighted by Gasteiger charge is -2.08. The highest BCUT2D eigenvalue weighted by molar-refractivity contribution is 5.19. The molecule has 0 aromatic rings. The van der Waals surface area contributed by atoms with Gasteiger partial charge in [0.05, 0.1) is 0 Å². The topological polar surface area (TPSA) is 12.0 Å². The van der Waals surface area contributed by atoms with E-state index >= 15 is 0 Å². The number of nitrogens with one attached hydrogen (secondary N) is 1. The molecule has 0 unspecified atom stereocenters. The molecule has 1 N–H and O–H groups in total. The normalized spacial score (nSPS) is 12.5. The molecular weight excluding hydrogens is 146 g/mol. The highest BCUT2D eigenvalue weighted by atomic mass is 14.9. The van der Waals surface area contributed by atoms with Gasteiger partial charge in [-0.1, -0.05) is 38.7 Å². The minimum absolute atomic E-state index is 0.678. The van der Waals surface area contributed by atoms with E-state index in [0.717, 1.165) is 12.2 Å². The van der Waals surface area contributed by atoms with Crippen LogP contribution in [0.25, 0.3) is 0 Å². The van der Waals surface area contributed by atoms with Crippen LogP contribution in [-0.2, 0) is 0 Å². The van der Waals surface area contributed by atoms with Crippen molar-refractivity contribution >= 4 is 0 Å². The molecule has 0 bridgehead atoms. The lowest BCUT2D eigenvalue weighted by atomic mass is 10.2. The minimum Gasteiger partial charge on any atom is -0.385 e. The maximum Gasteiger partial charge on any atom is 0.0296 e. The Labute approximate surface area is 75.9 Å². The van der Waals surface area contributed by atoms with E-state index in [1.165, 1.54) is 0 Å². The van der Waals surface area contributed by atoms with Crippen LogP contribution in [0.2, 0.25) is 0 Å². The van der Waals surface area contributed by atoms with Crippen molar-refractivity contribution in [1.29, 1.82) is 0 Å². The third kappa shape index (κ3) is 5.78. The molecule has 0 spiro atoms. The molecule has 0 radical (unpaired) electrons. The summed E-state index contributed by atoms with van der Waals surface area (Å²) in [6.45, 7) is 11.0. The zero-order valence-electron chi connectivity index (χ0n) is 8.30. The van der Waals surface area contributed by atoms with Crippen molar-refractivity contribution in [3.63, 3.8) is 0 Å². The predicted molar refractivity (Wildman–Crippen MR) is 55.9 cm³/mol. The summed E-state index contributed by atoms with van der Waals surface area (Å²) in [5, 5.41) is 3.33. The van der Waals surface area contributed by atoms with Gasteiger partial charge in [-0.3, -0.25) is 0 Å². The van der Waals surface area contributed by atoms with Gasteiger partial charge < -0.3 is 5.32 Å². The fraction of sp³-hybridized carbons (Fsp3) is 0.455. The monoisotopic (exact) mass is 165 g/mol. The van der Waals surface area contributed by atoms with Crippen LogP contribution in [0.4, 0.5) is 0 Å². The van der Waals surface area contributed by atoms with Gasteiger partial charge in [-0.15, -0.1) is 0 Å². The van der Waals surface area contributed by atoms with Crippen LogP contribution < -0.4 is 5.32 Å². The number of hydrogen-bond acceptors (Lipinski definition) is 1. The molecule has 12 heavy (non-hydrogen) atoms. The third-order valence-corrected chi connectivity index (χ3v) is 1.44. The van der Waals surface area contributed by atoms with Crippen LogP contribution in [0.3, 0.4) is 0 Å². The molecule has 0 aromatic heterocycles. The van der Waals surface area contributed by atoms with Crippen LogP contribution in [0.15, 0.2) is 36.6 Å². The van der Waals surface area contributed by atoms with Gasteiger partial charge in [0, 0.05) is 12.2 Å². The first-order valence-corrected chi connectivity index (χ1v) is 4.40. The average molecular weight is 165 g/mol. The minimum atomic E-state index is 0.678. The largest absolute Gasteiger partial charge is 0.385 e. The first kappa shape index (κ1) is 11.0. The Balaban J connectivity index is 3.85. The molecule has 0 amide bonds. The summed E-state index contributed by atoms with van der Waals surface area (Å²) >= 11 is 0. The first-order valence-electron chi connectivity index (χ1n) is 4.40. The Morgan fingerprint density at radius 3 is 2.58 bits per heavy atom. The number of allylic oxidation sites excluding steroid dienone is 4. The van der Waals surface area contributed by atoms with Gasteiger partial charge in [-0.2, -0.15) is 0 Å². The van der Waals surface area contributed by atoms with E-state index in [2.05, 4.69) is 31.8 Å². The van der Waals surface area contributed by atoms with Gasteiger partial charge in [-0.25, -0.2) is 0 Å². The van der Waals surface area contributed by atoms with Gasteiger partial charge in [0.15, 0.2) is 0 Å². The van der Waals surface area contributed by atoms with Crippen molar-refractivity contribution in [2.75, 3.05) is 6.54 Å². The molecule has 0 saturated heterocycles. The molecule has 0 aliphatic rings. The summed E-state index contributed by atoms with van der Waals surface area (Å²) in [6, 6.07) is 0. The van der Waals surface area contributed by atoms with Crippen molar-refractivity contribution in [2.24, 2.45) is 5.92 Å². The van der Waals surface area contributed by atoms with Crippen LogP contribution in [0, 0.1) is 5.92 Å². The summed E-state index contributed by atoms with van der Waals surface area (Å²) < 4.78 is 0. The average Bonchev–Trinajstić information content (AvgIpc) is 2.05. The molecule has 1 heteroatoms. The molecule has 0 fully saturated rings. The first-order chi connectivity index (χ1) is 5.70. The van der Waals surface area contributed by atoms with Gasteiger partial charge in [-0.05, 0) is 18.9 Å². The Morgan fingerprint density at radius 1 is 1.50 bits per heavy atom. The van der Waals surface area contributed by atoms with Crippen LogP contribution in [-0.4, -0.2) is 6.54 Å². The maximum absolute atomic E-state index is 3.62. The van der Waals surface area contributed by atoms with E-state index in [1.54, 1.807) is 6.08 Å². The van der Waals surface area contributed by atoms with Gasteiger partial charge in [0.2, 0.25) is 0 Å². The molecule has 68 valence electrons. The highest BCUT2D eigenvalue weighted by Crippen LogP contribution is 1.95. The van der Waals surface area contributed by atoms with Crippen molar-refractivity contribution in [3.8, 4) is 0 Å². The van der Waals surface area contributed by atoms with Crippen molar-refractivity contribution in [2.45, 2.75) is 20.8 Å². The molecule has 0 aromatic carbocycles. The summed E-state index contributed by atoms with van der Waals surface area (Å²) in [6.07, 6.45) is 7.79.